The van der Waals surface area contributed by atoms with Crippen LogP contribution in [0.15, 0.2) is 46.8 Å². The zero-order valence-corrected chi connectivity index (χ0v) is 21.0. The summed E-state index contributed by atoms with van der Waals surface area (Å²) in [6.45, 7) is 4.42. The molecule has 1 aromatic rings. The van der Waals surface area contributed by atoms with E-state index in [9.17, 15) is 18.0 Å². The Labute approximate surface area is 203 Å². The van der Waals surface area contributed by atoms with Crippen LogP contribution < -0.4 is 11.1 Å². The van der Waals surface area contributed by atoms with Gasteiger partial charge in [-0.05, 0) is 25.5 Å². The van der Waals surface area contributed by atoms with E-state index in [0.29, 0.717) is 47.0 Å². The Kier molecular flexibility index (Phi) is 13.6. The second kappa shape index (κ2) is 14.7. The Morgan fingerprint density at radius 2 is 1.79 bits per heavy atom. The third-order valence-corrected chi connectivity index (χ3v) is 4.61. The van der Waals surface area contributed by atoms with Crippen LogP contribution in [0.2, 0.25) is 5.02 Å². The summed E-state index contributed by atoms with van der Waals surface area (Å²) in [6.07, 6.45) is 0.715. The topological polar surface area (TPSA) is 186 Å². The predicted octanol–water partition coefficient (Wildman–Crippen LogP) is 0.946. The molecular weight excluding hydrogens is 492 g/mol. The molecule has 0 spiro atoms. The number of rotatable bonds is 8. The van der Waals surface area contributed by atoms with Crippen molar-refractivity contribution in [2.75, 3.05) is 39.7 Å². The molecule has 11 nitrogen and oxygen atoms in total. The monoisotopic (exact) mass is 522 g/mol. The molecule has 0 radical (unpaired) electrons. The fourth-order valence-electron chi connectivity index (χ4n) is 3.12. The van der Waals surface area contributed by atoms with Gasteiger partial charge in [-0.3, -0.25) is 4.55 Å². The van der Waals surface area contributed by atoms with E-state index in [1.165, 1.54) is 7.11 Å². The van der Waals surface area contributed by atoms with E-state index in [0.717, 1.165) is 0 Å². The van der Waals surface area contributed by atoms with Crippen molar-refractivity contribution in [3.8, 4) is 0 Å². The predicted molar refractivity (Wildman–Crippen MR) is 127 cm³/mol. The second-order valence-corrected chi connectivity index (χ2v) is 8.67. The minimum atomic E-state index is -3.67. The van der Waals surface area contributed by atoms with Gasteiger partial charge in [-0.25, -0.2) is 9.59 Å². The first kappa shape index (κ1) is 31.5. The minimum Gasteiger partial charge on any atom is -0.466 e. The summed E-state index contributed by atoms with van der Waals surface area (Å²) >= 11 is 6.42. The molecule has 13 heteroatoms. The van der Waals surface area contributed by atoms with E-state index < -0.39 is 28.0 Å². The van der Waals surface area contributed by atoms with Crippen molar-refractivity contribution in [2.24, 2.45) is 5.73 Å². The highest BCUT2D eigenvalue weighted by Crippen LogP contribution is 2.41. The number of hydrogen-bond acceptors (Lipinski definition) is 9. The Bertz CT molecular complexity index is 1010. The fourth-order valence-corrected chi connectivity index (χ4v) is 3.36. The van der Waals surface area contributed by atoms with Gasteiger partial charge in [0.05, 0.1) is 55.9 Å². The van der Waals surface area contributed by atoms with Crippen LogP contribution in [0, 0.1) is 0 Å². The average molecular weight is 523 g/mol. The maximum absolute atomic E-state index is 12.9. The van der Waals surface area contributed by atoms with Crippen LogP contribution in [0.4, 0.5) is 0 Å². The van der Waals surface area contributed by atoms with Crippen molar-refractivity contribution >= 4 is 33.7 Å². The maximum atomic E-state index is 12.9. The van der Waals surface area contributed by atoms with Gasteiger partial charge in [-0.15, -0.1) is 0 Å². The first-order valence-electron chi connectivity index (χ1n) is 9.87. The van der Waals surface area contributed by atoms with E-state index >= 15 is 0 Å². The van der Waals surface area contributed by atoms with Gasteiger partial charge in [0.1, 0.15) is 0 Å². The van der Waals surface area contributed by atoms with Crippen LogP contribution in [0.1, 0.15) is 25.3 Å². The number of allylic oxidation sites excluding steroid dienone is 1. The van der Waals surface area contributed by atoms with Gasteiger partial charge in [0, 0.05) is 17.3 Å². The molecule has 2 rings (SSSR count). The molecule has 1 aliphatic heterocycles. The number of hydrogen-bond donors (Lipinski definition) is 3. The molecule has 0 fully saturated rings. The van der Waals surface area contributed by atoms with Gasteiger partial charge < -0.3 is 30.7 Å². The number of nitrogens with two attached hydrogens (primary N) is 1. The zero-order valence-electron chi connectivity index (χ0n) is 19.4. The van der Waals surface area contributed by atoms with E-state index in [4.69, 9.17) is 36.1 Å². The molecular formula is C21H31ClN2O9S. The lowest BCUT2D eigenvalue weighted by molar-refractivity contribution is -0.139. The van der Waals surface area contributed by atoms with Gasteiger partial charge >= 0.3 is 11.9 Å². The number of carbonyl (C=O) groups is 2. The number of methoxy groups -OCH3 is 1. The summed E-state index contributed by atoms with van der Waals surface area (Å²) in [5.41, 5.74) is 7.70. The van der Waals surface area contributed by atoms with Crippen molar-refractivity contribution in [1.29, 1.82) is 0 Å². The molecule has 0 amide bonds. The summed E-state index contributed by atoms with van der Waals surface area (Å²) in [7, 11) is -2.38. The molecule has 34 heavy (non-hydrogen) atoms. The van der Waals surface area contributed by atoms with Crippen molar-refractivity contribution in [3.63, 3.8) is 0 Å². The summed E-state index contributed by atoms with van der Waals surface area (Å²) in [5, 5.41) is 3.52. The van der Waals surface area contributed by atoms with E-state index in [2.05, 4.69) is 5.32 Å². The van der Waals surface area contributed by atoms with Crippen molar-refractivity contribution < 1.29 is 42.2 Å². The number of benzene rings is 1. The minimum absolute atomic E-state index is 0. The fraction of sp³-hybridized carbons (Fsp3) is 0.429. The highest BCUT2D eigenvalue weighted by atomic mass is 35.5. The highest BCUT2D eigenvalue weighted by Gasteiger charge is 2.39. The number of carbonyl (C=O) groups excluding carboxylic acids is 2. The number of dihydropyridines is 1. The largest absolute Gasteiger partial charge is 0.466 e. The number of halogens is 1. The summed E-state index contributed by atoms with van der Waals surface area (Å²) in [4.78, 5) is 25.5. The Balaban J connectivity index is 0.00000164. The Hall–Kier alpha value is -2.48. The molecule has 0 aromatic heterocycles. The Morgan fingerprint density at radius 1 is 1.21 bits per heavy atom. The number of ether oxygens (including phenoxy) is 3. The van der Waals surface area contributed by atoms with E-state index in [1.807, 2.05) is 0 Å². The molecule has 0 saturated heterocycles. The quantitative estimate of drug-likeness (QED) is 0.252. The van der Waals surface area contributed by atoms with Crippen LogP contribution in [-0.2, 0) is 33.9 Å². The first-order chi connectivity index (χ1) is 15.5. The van der Waals surface area contributed by atoms with Crippen LogP contribution in [0.3, 0.4) is 0 Å². The average Bonchev–Trinajstić information content (AvgIpc) is 2.72. The molecule has 1 aromatic carbocycles. The summed E-state index contributed by atoms with van der Waals surface area (Å²) in [6, 6.07) is 7.05. The maximum Gasteiger partial charge on any atom is 0.336 e. The van der Waals surface area contributed by atoms with Gasteiger partial charge in [0.2, 0.25) is 0 Å². The second-order valence-electron chi connectivity index (χ2n) is 6.80. The third kappa shape index (κ3) is 9.41. The smallest absolute Gasteiger partial charge is 0.336 e. The van der Waals surface area contributed by atoms with Crippen molar-refractivity contribution in [1.82, 2.24) is 5.32 Å². The van der Waals surface area contributed by atoms with Crippen molar-refractivity contribution in [3.05, 3.63) is 57.4 Å². The van der Waals surface area contributed by atoms with Crippen LogP contribution in [0.25, 0.3) is 0 Å². The first-order valence-corrected chi connectivity index (χ1v) is 12.1. The van der Waals surface area contributed by atoms with Crippen LogP contribution in [-0.4, -0.2) is 70.1 Å². The number of esters is 2. The van der Waals surface area contributed by atoms with Gasteiger partial charge in [-0.2, -0.15) is 8.42 Å². The molecule has 0 bridgehead atoms. The Morgan fingerprint density at radius 3 is 2.29 bits per heavy atom. The SMILES string of the molecule is CCOC(=O)C1=C(COCCN)NC(C)=C(C(=O)OC)C1c1ccccc1Cl.CS(=O)(=O)O.O. The molecule has 1 aliphatic rings. The van der Waals surface area contributed by atoms with Crippen LogP contribution >= 0.6 is 11.6 Å². The highest BCUT2D eigenvalue weighted by molar-refractivity contribution is 7.85. The molecule has 0 aliphatic carbocycles. The van der Waals surface area contributed by atoms with Gasteiger partial charge in [0.15, 0.2) is 0 Å². The summed E-state index contributed by atoms with van der Waals surface area (Å²) in [5.74, 6) is -1.86. The lowest BCUT2D eigenvalue weighted by Crippen LogP contribution is -2.35. The van der Waals surface area contributed by atoms with Crippen LogP contribution in [0.5, 0.6) is 0 Å². The normalized spacial score (nSPS) is 15.4. The van der Waals surface area contributed by atoms with Gasteiger partial charge in [-0.1, -0.05) is 29.8 Å². The lowest BCUT2D eigenvalue weighted by Gasteiger charge is -2.31. The lowest BCUT2D eigenvalue weighted by atomic mass is 9.80. The van der Waals surface area contributed by atoms with Gasteiger partial charge in [0.25, 0.3) is 10.1 Å². The third-order valence-electron chi connectivity index (χ3n) is 4.27. The molecule has 6 N–H and O–H groups in total. The zero-order chi connectivity index (χ0) is 25.2. The molecule has 1 atom stereocenters. The molecule has 1 heterocycles. The van der Waals surface area contributed by atoms with E-state index in [1.54, 1.807) is 38.1 Å². The number of nitrogens with one attached hydrogen (secondary N) is 1. The standard InChI is InChI=1S/C20H25ClN2O5.CH4O3S.H2O/c1-4-28-20(25)18-15(11-27-10-9-22)23-12(2)16(19(24)26-3)17(18)13-7-5-6-8-14(13)21;1-5(2,3)4;/h5-8,17,23H,4,9-11,22H2,1-3H3;1H3,(H,2,3,4);1H2. The van der Waals surface area contributed by atoms with Crippen molar-refractivity contribution in [2.45, 2.75) is 19.8 Å². The summed E-state index contributed by atoms with van der Waals surface area (Å²) < 4.78 is 41.7. The molecule has 192 valence electrons. The molecule has 1 unspecified atom stereocenters. The molecule has 0 saturated carbocycles. The van der Waals surface area contributed by atoms with E-state index in [-0.39, 0.29) is 24.3 Å².